The normalized spacial score (nSPS) is 25.3. The summed E-state index contributed by atoms with van der Waals surface area (Å²) in [4.78, 5) is 2.30. The van der Waals surface area contributed by atoms with E-state index in [-0.39, 0.29) is 6.04 Å². The standard InChI is InChI=1S/C14H20F2N2/c1-2-18-7-3-4-11(9-17)14(18)10-5-6-12(15)13(16)8-10/h5-6,8,11,14H,2-4,7,9,17H2,1H3. The summed E-state index contributed by atoms with van der Waals surface area (Å²) in [5, 5.41) is 0. The molecular weight excluding hydrogens is 234 g/mol. The number of piperidine rings is 1. The molecule has 0 bridgehead atoms. The second-order valence-electron chi connectivity index (χ2n) is 4.88. The Morgan fingerprint density at radius 3 is 2.72 bits per heavy atom. The maximum Gasteiger partial charge on any atom is 0.159 e. The van der Waals surface area contributed by atoms with E-state index in [4.69, 9.17) is 5.73 Å². The number of nitrogens with zero attached hydrogens (tertiary/aromatic N) is 1. The van der Waals surface area contributed by atoms with Crippen LogP contribution in [0.15, 0.2) is 18.2 Å². The molecule has 2 unspecified atom stereocenters. The van der Waals surface area contributed by atoms with Gasteiger partial charge in [-0.25, -0.2) is 8.78 Å². The zero-order chi connectivity index (χ0) is 13.1. The molecule has 2 N–H and O–H groups in total. The van der Waals surface area contributed by atoms with Gasteiger partial charge < -0.3 is 5.73 Å². The van der Waals surface area contributed by atoms with Gasteiger partial charge in [0, 0.05) is 6.04 Å². The van der Waals surface area contributed by atoms with Crippen molar-refractivity contribution in [2.75, 3.05) is 19.6 Å². The number of benzene rings is 1. The van der Waals surface area contributed by atoms with Crippen molar-refractivity contribution >= 4 is 0 Å². The second kappa shape index (κ2) is 5.76. The minimum absolute atomic E-state index is 0.115. The van der Waals surface area contributed by atoms with Crippen LogP contribution in [0.25, 0.3) is 0 Å². The van der Waals surface area contributed by atoms with Gasteiger partial charge in [-0.15, -0.1) is 0 Å². The molecule has 1 saturated heterocycles. The quantitative estimate of drug-likeness (QED) is 0.898. The van der Waals surface area contributed by atoms with E-state index in [1.165, 1.54) is 12.1 Å². The monoisotopic (exact) mass is 254 g/mol. The van der Waals surface area contributed by atoms with Gasteiger partial charge in [-0.05, 0) is 56.1 Å². The molecule has 0 saturated carbocycles. The van der Waals surface area contributed by atoms with Gasteiger partial charge in [-0.1, -0.05) is 13.0 Å². The molecule has 0 amide bonds. The average molecular weight is 254 g/mol. The van der Waals surface area contributed by atoms with Gasteiger partial charge in [-0.3, -0.25) is 4.90 Å². The first-order valence-corrected chi connectivity index (χ1v) is 6.56. The molecule has 1 aliphatic rings. The molecule has 1 aromatic rings. The summed E-state index contributed by atoms with van der Waals surface area (Å²) < 4.78 is 26.4. The largest absolute Gasteiger partial charge is 0.330 e. The topological polar surface area (TPSA) is 29.3 Å². The summed E-state index contributed by atoms with van der Waals surface area (Å²) in [5.74, 6) is -1.24. The van der Waals surface area contributed by atoms with Crippen molar-refractivity contribution in [1.29, 1.82) is 0 Å². The van der Waals surface area contributed by atoms with E-state index < -0.39 is 11.6 Å². The molecule has 0 spiro atoms. The molecule has 4 heteroatoms. The maximum atomic E-state index is 13.4. The molecule has 18 heavy (non-hydrogen) atoms. The van der Waals surface area contributed by atoms with Crippen molar-refractivity contribution < 1.29 is 8.78 Å². The summed E-state index contributed by atoms with van der Waals surface area (Å²) in [6.07, 6.45) is 2.17. The lowest BCUT2D eigenvalue weighted by Gasteiger charge is -2.41. The lowest BCUT2D eigenvalue weighted by molar-refractivity contribution is 0.102. The predicted molar refractivity (Wildman–Crippen MR) is 68.1 cm³/mol. The molecule has 1 fully saturated rings. The van der Waals surface area contributed by atoms with Crippen LogP contribution in [0.5, 0.6) is 0 Å². The molecule has 2 atom stereocenters. The van der Waals surface area contributed by atoms with Crippen LogP contribution in [0.3, 0.4) is 0 Å². The van der Waals surface area contributed by atoms with E-state index in [0.717, 1.165) is 31.5 Å². The van der Waals surface area contributed by atoms with Crippen molar-refractivity contribution in [2.24, 2.45) is 11.7 Å². The second-order valence-corrected chi connectivity index (χ2v) is 4.88. The van der Waals surface area contributed by atoms with Crippen LogP contribution in [0.2, 0.25) is 0 Å². The number of nitrogens with two attached hydrogens (primary N) is 1. The molecule has 0 aromatic heterocycles. The minimum Gasteiger partial charge on any atom is -0.330 e. The number of hydrogen-bond donors (Lipinski definition) is 1. The smallest absolute Gasteiger partial charge is 0.159 e. The third-order valence-electron chi connectivity index (χ3n) is 3.85. The van der Waals surface area contributed by atoms with E-state index in [0.29, 0.717) is 12.5 Å². The fourth-order valence-electron chi connectivity index (χ4n) is 2.93. The fraction of sp³-hybridized carbons (Fsp3) is 0.571. The molecule has 1 aliphatic heterocycles. The molecular formula is C14H20F2N2. The van der Waals surface area contributed by atoms with E-state index in [1.807, 2.05) is 0 Å². The summed E-state index contributed by atoms with van der Waals surface area (Å²) in [6.45, 7) is 4.57. The Kier molecular flexibility index (Phi) is 4.30. The summed E-state index contributed by atoms with van der Waals surface area (Å²) in [5.41, 5.74) is 6.66. The minimum atomic E-state index is -0.790. The maximum absolute atomic E-state index is 13.4. The van der Waals surface area contributed by atoms with Crippen molar-refractivity contribution in [3.05, 3.63) is 35.4 Å². The molecule has 1 heterocycles. The molecule has 1 aromatic carbocycles. The van der Waals surface area contributed by atoms with E-state index >= 15 is 0 Å². The Hall–Kier alpha value is -1.00. The Labute approximate surface area is 107 Å². The number of hydrogen-bond acceptors (Lipinski definition) is 2. The molecule has 100 valence electrons. The highest BCUT2D eigenvalue weighted by Gasteiger charge is 2.31. The average Bonchev–Trinajstić information content (AvgIpc) is 2.41. The van der Waals surface area contributed by atoms with Crippen LogP contribution in [0.1, 0.15) is 31.4 Å². The lowest BCUT2D eigenvalue weighted by Crippen LogP contribution is -2.41. The predicted octanol–water partition coefficient (Wildman–Crippen LogP) is 2.70. The van der Waals surface area contributed by atoms with E-state index in [1.54, 1.807) is 6.07 Å². The highest BCUT2D eigenvalue weighted by atomic mass is 19.2. The van der Waals surface area contributed by atoms with Crippen molar-refractivity contribution in [3.63, 3.8) is 0 Å². The summed E-state index contributed by atoms with van der Waals surface area (Å²) in [6, 6.07) is 4.32. The first-order valence-electron chi connectivity index (χ1n) is 6.56. The SMILES string of the molecule is CCN1CCCC(CN)C1c1ccc(F)c(F)c1. The zero-order valence-corrected chi connectivity index (χ0v) is 10.7. The Bertz CT molecular complexity index is 397. The van der Waals surface area contributed by atoms with E-state index in [2.05, 4.69) is 11.8 Å². The van der Waals surface area contributed by atoms with Gasteiger partial charge in [0.2, 0.25) is 0 Å². The van der Waals surface area contributed by atoms with Gasteiger partial charge in [-0.2, -0.15) is 0 Å². The number of likely N-dealkylation sites (tertiary alicyclic amines) is 1. The highest BCUT2D eigenvalue weighted by molar-refractivity contribution is 5.23. The van der Waals surface area contributed by atoms with Gasteiger partial charge in [0.25, 0.3) is 0 Å². The van der Waals surface area contributed by atoms with Gasteiger partial charge >= 0.3 is 0 Å². The zero-order valence-electron chi connectivity index (χ0n) is 10.7. The van der Waals surface area contributed by atoms with Gasteiger partial charge in [0.05, 0.1) is 0 Å². The van der Waals surface area contributed by atoms with Crippen molar-refractivity contribution in [2.45, 2.75) is 25.8 Å². The van der Waals surface area contributed by atoms with Crippen LogP contribution >= 0.6 is 0 Å². The van der Waals surface area contributed by atoms with Gasteiger partial charge in [0.15, 0.2) is 11.6 Å². The van der Waals surface area contributed by atoms with Crippen LogP contribution in [-0.2, 0) is 0 Å². The molecule has 2 nitrogen and oxygen atoms in total. The third kappa shape index (κ3) is 2.54. The van der Waals surface area contributed by atoms with Gasteiger partial charge in [0.1, 0.15) is 0 Å². The first-order chi connectivity index (χ1) is 8.67. The van der Waals surface area contributed by atoms with Crippen molar-refractivity contribution in [1.82, 2.24) is 4.90 Å². The molecule has 0 aliphatic carbocycles. The van der Waals surface area contributed by atoms with Crippen LogP contribution in [-0.4, -0.2) is 24.5 Å². The molecule has 2 rings (SSSR count). The lowest BCUT2D eigenvalue weighted by atomic mass is 9.84. The highest BCUT2D eigenvalue weighted by Crippen LogP contribution is 2.35. The Morgan fingerprint density at radius 2 is 2.11 bits per heavy atom. The number of rotatable bonds is 3. The van der Waals surface area contributed by atoms with E-state index in [9.17, 15) is 8.78 Å². The van der Waals surface area contributed by atoms with Crippen LogP contribution in [0, 0.1) is 17.6 Å². The first kappa shape index (κ1) is 13.4. The third-order valence-corrected chi connectivity index (χ3v) is 3.85. The summed E-state index contributed by atoms with van der Waals surface area (Å²) in [7, 11) is 0. The Balaban J connectivity index is 2.32. The number of halogens is 2. The Morgan fingerprint density at radius 1 is 1.33 bits per heavy atom. The van der Waals surface area contributed by atoms with Crippen molar-refractivity contribution in [3.8, 4) is 0 Å². The summed E-state index contributed by atoms with van der Waals surface area (Å²) >= 11 is 0. The van der Waals surface area contributed by atoms with Crippen LogP contribution < -0.4 is 5.73 Å². The molecule has 0 radical (unpaired) electrons. The van der Waals surface area contributed by atoms with Crippen LogP contribution in [0.4, 0.5) is 8.78 Å². The fourth-order valence-corrected chi connectivity index (χ4v) is 2.93.